The second-order valence-corrected chi connectivity index (χ2v) is 5.34. The number of ether oxygens (including phenoxy) is 2. The van der Waals surface area contributed by atoms with E-state index >= 15 is 0 Å². The second kappa shape index (κ2) is 6.85. The molecule has 0 atom stereocenters. The molecule has 0 saturated carbocycles. The number of ketones is 1. The molecule has 0 bridgehead atoms. The smallest absolute Gasteiger partial charge is 0.164 e. The van der Waals surface area contributed by atoms with Crippen LogP contribution in [0.1, 0.15) is 16.8 Å². The average Bonchev–Trinajstić information content (AvgIpc) is 2.59. The molecule has 22 heavy (non-hydrogen) atoms. The zero-order valence-electron chi connectivity index (χ0n) is 12.7. The molecule has 0 N–H and O–H groups in total. The first-order valence-electron chi connectivity index (χ1n) is 7.54. The molecule has 0 amide bonds. The van der Waals surface area contributed by atoms with E-state index in [1.165, 1.54) is 0 Å². The van der Waals surface area contributed by atoms with Crippen LogP contribution in [0.4, 0.5) is 0 Å². The fraction of sp³-hybridized carbons (Fsp3) is 0.412. The summed E-state index contributed by atoms with van der Waals surface area (Å²) in [5.41, 5.74) is 1.46. The van der Waals surface area contributed by atoms with Gasteiger partial charge in [-0.05, 0) is 18.2 Å². The molecule has 3 rings (SSSR count). The van der Waals surface area contributed by atoms with Crippen LogP contribution in [0.2, 0.25) is 0 Å². The van der Waals surface area contributed by atoms with E-state index in [4.69, 9.17) is 9.47 Å². The van der Waals surface area contributed by atoms with Crippen LogP contribution >= 0.6 is 0 Å². The van der Waals surface area contributed by atoms with Gasteiger partial charge >= 0.3 is 0 Å². The maximum Gasteiger partial charge on any atom is 0.164 e. The molecule has 0 aliphatic carbocycles. The van der Waals surface area contributed by atoms with E-state index < -0.39 is 0 Å². The van der Waals surface area contributed by atoms with E-state index in [-0.39, 0.29) is 5.78 Å². The van der Waals surface area contributed by atoms with E-state index in [1.807, 2.05) is 24.3 Å². The number of carbonyl (C=O) groups is 1. The summed E-state index contributed by atoms with van der Waals surface area (Å²) in [4.78, 5) is 19.2. The first-order chi connectivity index (χ1) is 10.8. The zero-order valence-corrected chi connectivity index (χ0v) is 12.7. The SMILES string of the molecule is COc1ccc(C(=O)CCN2CCOCC2)c2cccnc12. The predicted molar refractivity (Wildman–Crippen MR) is 84.5 cm³/mol. The van der Waals surface area contributed by atoms with Gasteiger partial charge in [-0.25, -0.2) is 0 Å². The standard InChI is InChI=1S/C17H20N2O3/c1-21-16-5-4-13(14-3-2-7-18-17(14)16)15(20)6-8-19-9-11-22-12-10-19/h2-5,7H,6,8-12H2,1H3. The van der Waals surface area contributed by atoms with Gasteiger partial charge in [-0.1, -0.05) is 6.07 Å². The Hall–Kier alpha value is -1.98. The third-order valence-electron chi connectivity index (χ3n) is 4.01. The number of carbonyl (C=O) groups excluding carboxylic acids is 1. The van der Waals surface area contributed by atoms with E-state index in [9.17, 15) is 4.79 Å². The lowest BCUT2D eigenvalue weighted by molar-refractivity contribution is 0.0370. The Labute approximate surface area is 129 Å². The molecule has 0 unspecified atom stereocenters. The highest BCUT2D eigenvalue weighted by Crippen LogP contribution is 2.27. The van der Waals surface area contributed by atoms with Crippen molar-refractivity contribution in [2.24, 2.45) is 0 Å². The van der Waals surface area contributed by atoms with E-state index in [0.29, 0.717) is 12.2 Å². The summed E-state index contributed by atoms with van der Waals surface area (Å²) in [7, 11) is 1.61. The minimum atomic E-state index is 0.146. The van der Waals surface area contributed by atoms with Crippen molar-refractivity contribution in [3.05, 3.63) is 36.0 Å². The highest BCUT2D eigenvalue weighted by molar-refractivity contribution is 6.08. The van der Waals surface area contributed by atoms with Gasteiger partial charge in [0.25, 0.3) is 0 Å². The summed E-state index contributed by atoms with van der Waals surface area (Å²) in [6.07, 6.45) is 2.23. The molecule has 5 nitrogen and oxygen atoms in total. The van der Waals surface area contributed by atoms with Crippen molar-refractivity contribution in [2.45, 2.75) is 6.42 Å². The van der Waals surface area contributed by atoms with Crippen LogP contribution in [0, 0.1) is 0 Å². The molecule has 1 aliphatic rings. The number of benzene rings is 1. The summed E-state index contributed by atoms with van der Waals surface area (Å²) < 4.78 is 10.6. The van der Waals surface area contributed by atoms with Crippen molar-refractivity contribution >= 4 is 16.7 Å². The first kappa shape index (κ1) is 14.9. The molecule has 2 aromatic rings. The Morgan fingerprint density at radius 1 is 1.32 bits per heavy atom. The van der Waals surface area contributed by atoms with Crippen molar-refractivity contribution < 1.29 is 14.3 Å². The minimum Gasteiger partial charge on any atom is -0.494 e. The highest BCUT2D eigenvalue weighted by atomic mass is 16.5. The summed E-state index contributed by atoms with van der Waals surface area (Å²) in [6.45, 7) is 4.08. The summed E-state index contributed by atoms with van der Waals surface area (Å²) in [5.74, 6) is 0.840. The summed E-state index contributed by atoms with van der Waals surface area (Å²) >= 11 is 0. The molecule has 2 heterocycles. The Balaban J connectivity index is 1.79. The van der Waals surface area contributed by atoms with Crippen molar-refractivity contribution in [3.8, 4) is 5.75 Å². The van der Waals surface area contributed by atoms with Gasteiger partial charge < -0.3 is 9.47 Å². The fourth-order valence-electron chi connectivity index (χ4n) is 2.77. The third-order valence-corrected chi connectivity index (χ3v) is 4.01. The van der Waals surface area contributed by atoms with E-state index in [0.717, 1.165) is 49.3 Å². The average molecular weight is 300 g/mol. The quantitative estimate of drug-likeness (QED) is 0.792. The Bertz CT molecular complexity index is 666. The third kappa shape index (κ3) is 3.10. The van der Waals surface area contributed by atoms with Crippen LogP contribution in [0.25, 0.3) is 10.9 Å². The van der Waals surface area contributed by atoms with Crippen LogP contribution in [-0.4, -0.2) is 55.6 Å². The lowest BCUT2D eigenvalue weighted by atomic mass is 10.0. The normalized spacial score (nSPS) is 15.9. The molecule has 1 aromatic carbocycles. The number of rotatable bonds is 5. The summed E-state index contributed by atoms with van der Waals surface area (Å²) in [6, 6.07) is 7.43. The Morgan fingerprint density at radius 2 is 2.14 bits per heavy atom. The van der Waals surface area contributed by atoms with Gasteiger partial charge in [0.05, 0.1) is 20.3 Å². The number of pyridine rings is 1. The molecule has 116 valence electrons. The molecule has 1 fully saturated rings. The maximum atomic E-state index is 12.6. The number of hydrogen-bond acceptors (Lipinski definition) is 5. The summed E-state index contributed by atoms with van der Waals surface area (Å²) in [5, 5.41) is 0.855. The predicted octanol–water partition coefficient (Wildman–Crippen LogP) is 2.15. The molecule has 0 spiro atoms. The lowest BCUT2D eigenvalue weighted by Gasteiger charge is -2.26. The number of Topliss-reactive ketones (excluding diaryl/α,β-unsaturated/α-hetero) is 1. The number of aromatic nitrogens is 1. The highest BCUT2D eigenvalue weighted by Gasteiger charge is 2.16. The van der Waals surface area contributed by atoms with Crippen LogP contribution in [-0.2, 0) is 4.74 Å². The largest absolute Gasteiger partial charge is 0.494 e. The number of hydrogen-bond donors (Lipinski definition) is 0. The number of methoxy groups -OCH3 is 1. The Kier molecular flexibility index (Phi) is 4.65. The molecule has 0 radical (unpaired) electrons. The topological polar surface area (TPSA) is 51.7 Å². The fourth-order valence-corrected chi connectivity index (χ4v) is 2.77. The van der Waals surface area contributed by atoms with Gasteiger partial charge in [0.1, 0.15) is 11.3 Å². The van der Waals surface area contributed by atoms with Gasteiger partial charge in [0.2, 0.25) is 0 Å². The van der Waals surface area contributed by atoms with Crippen LogP contribution in [0.15, 0.2) is 30.5 Å². The monoisotopic (exact) mass is 300 g/mol. The molecular formula is C17H20N2O3. The van der Waals surface area contributed by atoms with E-state index in [2.05, 4.69) is 9.88 Å². The molecule has 5 heteroatoms. The van der Waals surface area contributed by atoms with Crippen LogP contribution in [0.3, 0.4) is 0 Å². The second-order valence-electron chi connectivity index (χ2n) is 5.34. The number of fused-ring (bicyclic) bond motifs is 1. The van der Waals surface area contributed by atoms with Gasteiger partial charge in [-0.2, -0.15) is 0 Å². The molecule has 1 aromatic heterocycles. The molecule has 1 saturated heterocycles. The minimum absolute atomic E-state index is 0.146. The molecular weight excluding hydrogens is 280 g/mol. The Morgan fingerprint density at radius 3 is 2.91 bits per heavy atom. The van der Waals surface area contributed by atoms with Gasteiger partial charge in [0.15, 0.2) is 5.78 Å². The maximum absolute atomic E-state index is 12.6. The van der Waals surface area contributed by atoms with Crippen molar-refractivity contribution in [3.63, 3.8) is 0 Å². The number of morpholine rings is 1. The van der Waals surface area contributed by atoms with Crippen molar-refractivity contribution in [1.82, 2.24) is 9.88 Å². The van der Waals surface area contributed by atoms with Gasteiger partial charge in [0, 0.05) is 43.2 Å². The van der Waals surface area contributed by atoms with Crippen molar-refractivity contribution in [2.75, 3.05) is 40.0 Å². The molecule has 1 aliphatic heterocycles. The zero-order chi connectivity index (χ0) is 15.4. The van der Waals surface area contributed by atoms with Crippen molar-refractivity contribution in [1.29, 1.82) is 0 Å². The first-order valence-corrected chi connectivity index (χ1v) is 7.54. The van der Waals surface area contributed by atoms with Gasteiger partial charge in [-0.3, -0.25) is 14.7 Å². The van der Waals surface area contributed by atoms with Crippen LogP contribution < -0.4 is 4.74 Å². The number of nitrogens with zero attached hydrogens (tertiary/aromatic N) is 2. The van der Waals surface area contributed by atoms with Gasteiger partial charge in [-0.15, -0.1) is 0 Å². The van der Waals surface area contributed by atoms with E-state index in [1.54, 1.807) is 13.3 Å². The van der Waals surface area contributed by atoms with Crippen LogP contribution in [0.5, 0.6) is 5.75 Å². The lowest BCUT2D eigenvalue weighted by Crippen LogP contribution is -2.37.